The number of primary amides is 1. The molecule has 12 heteroatoms. The van der Waals surface area contributed by atoms with Crippen molar-refractivity contribution in [3.05, 3.63) is 21.8 Å². The van der Waals surface area contributed by atoms with Gasteiger partial charge in [0.15, 0.2) is 0 Å². The Bertz CT molecular complexity index is 737. The second-order valence-electron chi connectivity index (χ2n) is 5.13. The van der Waals surface area contributed by atoms with Crippen LogP contribution in [0, 0.1) is 10.7 Å². The Balaban J connectivity index is 3.59. The van der Waals surface area contributed by atoms with Crippen LogP contribution in [0.2, 0.25) is 0 Å². The molecule has 1 rings (SSSR count). The SMILES string of the molecule is CC(O)C(=O)Nc1c(I)c(C(N)=O)c(I)c(C(=O)NC(CO)CO)c1I. The highest BCUT2D eigenvalue weighted by Crippen LogP contribution is 2.35. The van der Waals surface area contributed by atoms with Crippen LogP contribution in [0.25, 0.3) is 0 Å². The van der Waals surface area contributed by atoms with Crippen LogP contribution in [0.3, 0.4) is 0 Å². The van der Waals surface area contributed by atoms with E-state index in [1.807, 2.05) is 45.2 Å². The first-order valence-electron chi connectivity index (χ1n) is 7.08. The lowest BCUT2D eigenvalue weighted by Crippen LogP contribution is -2.41. The smallest absolute Gasteiger partial charge is 0.253 e. The number of anilines is 1. The minimum atomic E-state index is -1.30. The highest BCUT2D eigenvalue weighted by Gasteiger charge is 2.28. The van der Waals surface area contributed by atoms with Crippen molar-refractivity contribution in [3.8, 4) is 0 Å². The Kier molecular flexibility index (Phi) is 9.40. The van der Waals surface area contributed by atoms with E-state index >= 15 is 0 Å². The van der Waals surface area contributed by atoms with Crippen LogP contribution < -0.4 is 16.4 Å². The molecule has 1 atom stereocenters. The molecular formula is C14H16I3N3O6. The fourth-order valence-electron chi connectivity index (χ4n) is 1.82. The fourth-order valence-corrected chi connectivity index (χ4v) is 6.28. The molecule has 0 radical (unpaired) electrons. The van der Waals surface area contributed by atoms with E-state index in [1.165, 1.54) is 6.92 Å². The third-order valence-corrected chi connectivity index (χ3v) is 6.43. The number of carbonyl (C=O) groups is 3. The predicted octanol–water partition coefficient (Wildman–Crippen LogP) is 0.00160. The first kappa shape index (κ1) is 23.7. The maximum absolute atomic E-state index is 12.6. The van der Waals surface area contributed by atoms with Crippen LogP contribution in [0.4, 0.5) is 5.69 Å². The van der Waals surface area contributed by atoms with E-state index in [4.69, 9.17) is 15.9 Å². The molecule has 0 aliphatic carbocycles. The number of nitrogens with one attached hydrogen (secondary N) is 2. The highest BCUT2D eigenvalue weighted by atomic mass is 127. The van der Waals surface area contributed by atoms with Crippen molar-refractivity contribution in [2.45, 2.75) is 19.1 Å². The topological polar surface area (TPSA) is 162 Å². The monoisotopic (exact) mass is 703 g/mol. The summed E-state index contributed by atoms with van der Waals surface area (Å²) in [4.78, 5) is 36.4. The van der Waals surface area contributed by atoms with Crippen LogP contribution >= 0.6 is 67.8 Å². The molecule has 9 nitrogen and oxygen atoms in total. The minimum absolute atomic E-state index is 0.0437. The largest absolute Gasteiger partial charge is 0.394 e. The fraction of sp³-hybridized carbons (Fsp3) is 0.357. The molecule has 26 heavy (non-hydrogen) atoms. The summed E-state index contributed by atoms with van der Waals surface area (Å²) >= 11 is 5.46. The van der Waals surface area contributed by atoms with Gasteiger partial charge in [0.25, 0.3) is 17.7 Å². The van der Waals surface area contributed by atoms with Crippen LogP contribution in [0.1, 0.15) is 27.6 Å². The average molecular weight is 703 g/mol. The van der Waals surface area contributed by atoms with E-state index in [-0.39, 0.29) is 20.4 Å². The maximum atomic E-state index is 12.6. The molecule has 0 bridgehead atoms. The van der Waals surface area contributed by atoms with E-state index in [0.29, 0.717) is 7.14 Å². The average Bonchev–Trinajstić information content (AvgIpc) is 2.55. The number of hydrogen-bond donors (Lipinski definition) is 6. The van der Waals surface area contributed by atoms with Gasteiger partial charge in [-0.15, -0.1) is 0 Å². The summed E-state index contributed by atoms with van der Waals surface area (Å²) in [5.41, 5.74) is 5.70. The summed E-state index contributed by atoms with van der Waals surface area (Å²) in [5, 5.41) is 32.6. The number of amides is 3. The van der Waals surface area contributed by atoms with Gasteiger partial charge in [-0.1, -0.05) is 0 Å². The molecule has 0 aromatic heterocycles. The first-order chi connectivity index (χ1) is 12.1. The minimum Gasteiger partial charge on any atom is -0.394 e. The lowest BCUT2D eigenvalue weighted by Gasteiger charge is -2.20. The number of aliphatic hydroxyl groups is 3. The van der Waals surface area contributed by atoms with Gasteiger partial charge in [-0.05, 0) is 74.7 Å². The van der Waals surface area contributed by atoms with Crippen molar-refractivity contribution in [2.75, 3.05) is 18.5 Å². The molecule has 0 aliphatic heterocycles. The molecular weight excluding hydrogens is 687 g/mol. The van der Waals surface area contributed by atoms with Gasteiger partial charge in [0.1, 0.15) is 6.10 Å². The quantitative estimate of drug-likeness (QED) is 0.220. The van der Waals surface area contributed by atoms with Gasteiger partial charge in [-0.25, -0.2) is 0 Å². The number of aliphatic hydroxyl groups excluding tert-OH is 3. The van der Waals surface area contributed by atoms with E-state index in [0.717, 1.165) is 0 Å². The zero-order chi connectivity index (χ0) is 20.2. The van der Waals surface area contributed by atoms with Crippen molar-refractivity contribution >= 4 is 91.2 Å². The zero-order valence-corrected chi connectivity index (χ0v) is 19.8. The number of benzene rings is 1. The van der Waals surface area contributed by atoms with Crippen molar-refractivity contribution in [3.63, 3.8) is 0 Å². The van der Waals surface area contributed by atoms with Crippen molar-refractivity contribution < 1.29 is 29.7 Å². The molecule has 1 unspecified atom stereocenters. The summed E-state index contributed by atoms with van der Waals surface area (Å²) in [6, 6.07) is -0.888. The number of hydrogen-bond acceptors (Lipinski definition) is 6. The second kappa shape index (κ2) is 10.3. The van der Waals surface area contributed by atoms with Gasteiger partial charge in [-0.3, -0.25) is 14.4 Å². The molecule has 0 spiro atoms. The van der Waals surface area contributed by atoms with Crippen LogP contribution in [0.15, 0.2) is 0 Å². The van der Waals surface area contributed by atoms with E-state index in [2.05, 4.69) is 10.6 Å². The van der Waals surface area contributed by atoms with E-state index in [1.54, 1.807) is 22.6 Å². The van der Waals surface area contributed by atoms with E-state index < -0.39 is 43.1 Å². The van der Waals surface area contributed by atoms with Gasteiger partial charge >= 0.3 is 0 Å². The normalized spacial score (nSPS) is 12.0. The van der Waals surface area contributed by atoms with Crippen LogP contribution in [-0.2, 0) is 4.79 Å². The van der Waals surface area contributed by atoms with Crippen molar-refractivity contribution in [2.24, 2.45) is 5.73 Å². The third kappa shape index (κ3) is 5.37. The molecule has 144 valence electrons. The maximum Gasteiger partial charge on any atom is 0.253 e. The highest BCUT2D eigenvalue weighted by molar-refractivity contribution is 14.1. The first-order valence-corrected chi connectivity index (χ1v) is 10.3. The second-order valence-corrected chi connectivity index (χ2v) is 8.37. The molecule has 0 fully saturated rings. The molecule has 0 aliphatic rings. The molecule has 1 aromatic carbocycles. The standard InChI is InChI=1S/C14H16I3N3O6/c1-4(23)13(25)20-11-9(16)6(12(18)24)8(15)7(10(11)17)14(26)19-5(2-21)3-22/h4-5,21-23H,2-3H2,1H3,(H2,18,24)(H,19,26)(H,20,25). The van der Waals surface area contributed by atoms with Gasteiger partial charge in [0.05, 0.1) is 43.2 Å². The summed E-state index contributed by atoms with van der Waals surface area (Å²) < 4.78 is 0.920. The zero-order valence-electron chi connectivity index (χ0n) is 13.3. The Labute approximate surface area is 189 Å². The molecule has 0 heterocycles. The van der Waals surface area contributed by atoms with Gasteiger partial charge in [0.2, 0.25) is 0 Å². The molecule has 3 amide bonds. The lowest BCUT2D eigenvalue weighted by molar-refractivity contribution is -0.123. The van der Waals surface area contributed by atoms with Gasteiger partial charge in [0, 0.05) is 3.57 Å². The van der Waals surface area contributed by atoms with Crippen molar-refractivity contribution in [1.82, 2.24) is 5.32 Å². The van der Waals surface area contributed by atoms with Crippen molar-refractivity contribution in [1.29, 1.82) is 0 Å². The number of rotatable bonds is 7. The molecule has 0 saturated carbocycles. The van der Waals surface area contributed by atoms with Crippen LogP contribution in [-0.4, -0.2) is 58.4 Å². The van der Waals surface area contributed by atoms with Gasteiger partial charge in [-0.2, -0.15) is 0 Å². The number of halogens is 3. The number of carbonyl (C=O) groups excluding carboxylic acids is 3. The molecule has 0 saturated heterocycles. The Morgan fingerprint density at radius 1 is 1.04 bits per heavy atom. The van der Waals surface area contributed by atoms with Crippen LogP contribution in [0.5, 0.6) is 0 Å². The summed E-state index contributed by atoms with van der Waals surface area (Å²) in [6.07, 6.45) is -1.30. The molecule has 1 aromatic rings. The Hall–Kier alpha value is -0.300. The predicted molar refractivity (Wildman–Crippen MR) is 119 cm³/mol. The summed E-state index contributed by atoms with van der Waals surface area (Å²) in [5.74, 6) is -2.16. The van der Waals surface area contributed by atoms with E-state index in [9.17, 15) is 19.5 Å². The lowest BCUT2D eigenvalue weighted by atomic mass is 10.1. The number of nitrogens with two attached hydrogens (primary N) is 1. The Morgan fingerprint density at radius 2 is 1.54 bits per heavy atom. The summed E-state index contributed by atoms with van der Waals surface area (Å²) in [6.45, 7) is 0.319. The third-order valence-electron chi connectivity index (χ3n) is 3.19. The summed E-state index contributed by atoms with van der Waals surface area (Å²) in [7, 11) is 0. The Morgan fingerprint density at radius 3 is 1.96 bits per heavy atom. The molecule has 7 N–H and O–H groups in total. The van der Waals surface area contributed by atoms with Gasteiger partial charge < -0.3 is 31.7 Å².